The molecule has 0 spiro atoms. The van der Waals surface area contributed by atoms with Gasteiger partial charge in [0.2, 0.25) is 5.91 Å². The van der Waals surface area contributed by atoms with Gasteiger partial charge < -0.3 is 20.6 Å². The van der Waals surface area contributed by atoms with Crippen LogP contribution < -0.4 is 10.6 Å². The van der Waals surface area contributed by atoms with Crippen LogP contribution in [0.4, 0.5) is 10.5 Å². The Hall–Kier alpha value is -2.57. The summed E-state index contributed by atoms with van der Waals surface area (Å²) in [4.78, 5) is 34.9. The van der Waals surface area contributed by atoms with Crippen LogP contribution in [0.25, 0.3) is 0 Å². The Bertz CT molecular complexity index is 511. The molecule has 3 amide bonds. The molecule has 0 radical (unpaired) electrons. The molecule has 1 aromatic rings. The summed E-state index contributed by atoms with van der Waals surface area (Å²) in [6, 6.07) is 6.12. The molecule has 0 atom stereocenters. The van der Waals surface area contributed by atoms with Crippen molar-refractivity contribution in [2.75, 3.05) is 26.0 Å². The first kappa shape index (κ1) is 16.5. The smallest absolute Gasteiger partial charge is 0.319 e. The van der Waals surface area contributed by atoms with E-state index in [0.717, 1.165) is 0 Å². The zero-order chi connectivity index (χ0) is 15.8. The lowest BCUT2D eigenvalue weighted by Gasteiger charge is -2.11. The molecular formula is C14H19N3O4. The molecule has 3 N–H and O–H groups in total. The van der Waals surface area contributed by atoms with Crippen LogP contribution in [0.2, 0.25) is 0 Å². The molecule has 0 bridgehead atoms. The van der Waals surface area contributed by atoms with Gasteiger partial charge in [-0.1, -0.05) is 12.1 Å². The highest BCUT2D eigenvalue weighted by Gasteiger charge is 2.06. The van der Waals surface area contributed by atoms with E-state index in [2.05, 4.69) is 10.6 Å². The van der Waals surface area contributed by atoms with E-state index in [0.29, 0.717) is 11.3 Å². The third kappa shape index (κ3) is 6.42. The Labute approximate surface area is 122 Å². The fourth-order valence-corrected chi connectivity index (χ4v) is 1.56. The third-order valence-corrected chi connectivity index (χ3v) is 2.69. The van der Waals surface area contributed by atoms with Crippen LogP contribution in [-0.4, -0.2) is 48.6 Å². The molecule has 0 saturated carbocycles. The number of aliphatic carboxylic acids is 1. The van der Waals surface area contributed by atoms with Crippen LogP contribution >= 0.6 is 0 Å². The van der Waals surface area contributed by atoms with E-state index >= 15 is 0 Å². The maximum Gasteiger partial charge on any atom is 0.319 e. The Morgan fingerprint density at radius 2 is 1.76 bits per heavy atom. The lowest BCUT2D eigenvalue weighted by molar-refractivity contribution is -0.136. The number of carboxylic acids is 1. The Morgan fingerprint density at radius 3 is 2.29 bits per heavy atom. The number of benzene rings is 1. The van der Waals surface area contributed by atoms with Gasteiger partial charge in [0.1, 0.15) is 0 Å². The van der Waals surface area contributed by atoms with Crippen molar-refractivity contribution in [2.45, 2.75) is 12.8 Å². The first-order valence-electron chi connectivity index (χ1n) is 6.44. The molecule has 7 heteroatoms. The number of carbonyl (C=O) groups excluding carboxylic acids is 2. The van der Waals surface area contributed by atoms with Gasteiger partial charge in [-0.25, -0.2) is 4.79 Å². The van der Waals surface area contributed by atoms with Crippen LogP contribution in [0.1, 0.15) is 12.0 Å². The van der Waals surface area contributed by atoms with Gasteiger partial charge in [0.15, 0.2) is 0 Å². The summed E-state index contributed by atoms with van der Waals surface area (Å²) in [6.07, 6.45) is 0.178. The molecule has 0 aliphatic carbocycles. The number of carboxylic acid groups (broad SMARTS) is 1. The first-order chi connectivity index (χ1) is 9.88. The minimum Gasteiger partial charge on any atom is -0.481 e. The molecule has 0 fully saturated rings. The standard InChI is InChI=1S/C14H19N3O4/c1-17(2)12(18)7-8-15-14(21)16-11-5-3-10(4-6-11)9-13(19)20/h3-6H,7-9H2,1-2H3,(H,19,20)(H2,15,16,21). The van der Waals surface area contributed by atoms with Crippen molar-refractivity contribution >= 4 is 23.6 Å². The molecular weight excluding hydrogens is 274 g/mol. The van der Waals surface area contributed by atoms with Crippen LogP contribution in [0.5, 0.6) is 0 Å². The molecule has 0 unspecified atom stereocenters. The van der Waals surface area contributed by atoms with Gasteiger partial charge in [0, 0.05) is 32.7 Å². The van der Waals surface area contributed by atoms with Gasteiger partial charge in [-0.15, -0.1) is 0 Å². The van der Waals surface area contributed by atoms with Gasteiger partial charge in [-0.3, -0.25) is 9.59 Å². The Balaban J connectivity index is 2.37. The minimum absolute atomic E-state index is 0.0564. The molecule has 114 valence electrons. The normalized spacial score (nSPS) is 9.81. The van der Waals surface area contributed by atoms with Gasteiger partial charge >= 0.3 is 12.0 Å². The van der Waals surface area contributed by atoms with Crippen LogP contribution in [-0.2, 0) is 16.0 Å². The van der Waals surface area contributed by atoms with E-state index in [-0.39, 0.29) is 25.3 Å². The minimum atomic E-state index is -0.904. The third-order valence-electron chi connectivity index (χ3n) is 2.69. The molecule has 0 saturated heterocycles. The highest BCUT2D eigenvalue weighted by Crippen LogP contribution is 2.09. The highest BCUT2D eigenvalue weighted by atomic mass is 16.4. The van der Waals surface area contributed by atoms with Crippen molar-refractivity contribution in [3.8, 4) is 0 Å². The summed E-state index contributed by atoms with van der Waals surface area (Å²) < 4.78 is 0. The van der Waals surface area contributed by atoms with E-state index in [4.69, 9.17) is 5.11 Å². The molecule has 7 nitrogen and oxygen atoms in total. The SMILES string of the molecule is CN(C)C(=O)CCNC(=O)Nc1ccc(CC(=O)O)cc1. The zero-order valence-corrected chi connectivity index (χ0v) is 12.0. The molecule has 1 aromatic carbocycles. The topological polar surface area (TPSA) is 98.7 Å². The van der Waals surface area contributed by atoms with Crippen molar-refractivity contribution in [3.05, 3.63) is 29.8 Å². The number of anilines is 1. The van der Waals surface area contributed by atoms with Crippen LogP contribution in [0, 0.1) is 0 Å². The number of nitrogens with zero attached hydrogens (tertiary/aromatic N) is 1. The van der Waals surface area contributed by atoms with Gasteiger partial charge in [0.25, 0.3) is 0 Å². The van der Waals surface area contributed by atoms with Crippen molar-refractivity contribution in [1.29, 1.82) is 0 Å². The number of rotatable bonds is 6. The fourth-order valence-electron chi connectivity index (χ4n) is 1.56. The molecule has 0 aliphatic rings. The van der Waals surface area contributed by atoms with E-state index in [1.165, 1.54) is 4.90 Å². The fraction of sp³-hybridized carbons (Fsp3) is 0.357. The molecule has 0 heterocycles. The van der Waals surface area contributed by atoms with Gasteiger partial charge in [0.05, 0.1) is 6.42 Å². The summed E-state index contributed by atoms with van der Waals surface area (Å²) in [5.74, 6) is -0.965. The number of hydrogen-bond donors (Lipinski definition) is 3. The summed E-state index contributed by atoms with van der Waals surface area (Å²) >= 11 is 0. The zero-order valence-electron chi connectivity index (χ0n) is 12.0. The van der Waals surface area contributed by atoms with Gasteiger partial charge in [-0.2, -0.15) is 0 Å². The monoisotopic (exact) mass is 293 g/mol. The van der Waals surface area contributed by atoms with Crippen molar-refractivity contribution < 1.29 is 19.5 Å². The van der Waals surface area contributed by atoms with E-state index in [1.54, 1.807) is 38.4 Å². The second kappa shape index (κ2) is 7.88. The largest absolute Gasteiger partial charge is 0.481 e. The predicted molar refractivity (Wildman–Crippen MR) is 78.1 cm³/mol. The average molecular weight is 293 g/mol. The Morgan fingerprint density at radius 1 is 1.14 bits per heavy atom. The molecule has 1 rings (SSSR count). The number of nitrogens with one attached hydrogen (secondary N) is 2. The quantitative estimate of drug-likeness (QED) is 0.726. The van der Waals surface area contributed by atoms with Crippen LogP contribution in [0.15, 0.2) is 24.3 Å². The molecule has 0 aromatic heterocycles. The Kier molecular flexibility index (Phi) is 6.19. The number of urea groups is 1. The second-order valence-electron chi connectivity index (χ2n) is 4.69. The lowest BCUT2D eigenvalue weighted by atomic mass is 10.1. The average Bonchev–Trinajstić information content (AvgIpc) is 2.40. The number of amides is 3. The van der Waals surface area contributed by atoms with E-state index < -0.39 is 12.0 Å². The lowest BCUT2D eigenvalue weighted by Crippen LogP contribution is -2.33. The van der Waals surface area contributed by atoms with Crippen molar-refractivity contribution in [3.63, 3.8) is 0 Å². The van der Waals surface area contributed by atoms with Crippen LogP contribution in [0.3, 0.4) is 0 Å². The number of hydrogen-bond acceptors (Lipinski definition) is 3. The first-order valence-corrected chi connectivity index (χ1v) is 6.44. The molecule has 0 aliphatic heterocycles. The van der Waals surface area contributed by atoms with Crippen molar-refractivity contribution in [2.24, 2.45) is 0 Å². The second-order valence-corrected chi connectivity index (χ2v) is 4.69. The molecule has 21 heavy (non-hydrogen) atoms. The van der Waals surface area contributed by atoms with Gasteiger partial charge in [-0.05, 0) is 17.7 Å². The number of carbonyl (C=O) groups is 3. The maximum atomic E-state index is 11.6. The summed E-state index contributed by atoms with van der Waals surface area (Å²) in [6.45, 7) is 0.250. The highest BCUT2D eigenvalue weighted by molar-refractivity contribution is 5.89. The van der Waals surface area contributed by atoms with E-state index in [1.807, 2.05) is 0 Å². The predicted octanol–water partition coefficient (Wildman–Crippen LogP) is 0.913. The summed E-state index contributed by atoms with van der Waals surface area (Å²) in [7, 11) is 3.31. The van der Waals surface area contributed by atoms with E-state index in [9.17, 15) is 14.4 Å². The van der Waals surface area contributed by atoms with Crippen molar-refractivity contribution in [1.82, 2.24) is 10.2 Å². The summed E-state index contributed by atoms with van der Waals surface area (Å²) in [5, 5.41) is 13.8. The maximum absolute atomic E-state index is 11.6. The summed E-state index contributed by atoms with van der Waals surface area (Å²) in [5.41, 5.74) is 1.21.